The number of allylic oxidation sites excluding steroid dienone is 2. The highest BCUT2D eigenvalue weighted by molar-refractivity contribution is 8.03. The lowest BCUT2D eigenvalue weighted by molar-refractivity contribution is -0.115. The molecule has 0 radical (unpaired) electrons. The maximum absolute atomic E-state index is 13.1. The van der Waals surface area contributed by atoms with Gasteiger partial charge in [0.25, 0.3) is 5.91 Å². The van der Waals surface area contributed by atoms with Crippen LogP contribution in [0.3, 0.4) is 0 Å². The van der Waals surface area contributed by atoms with E-state index >= 15 is 0 Å². The van der Waals surface area contributed by atoms with Crippen LogP contribution in [0.15, 0.2) is 69.0 Å². The van der Waals surface area contributed by atoms with E-state index < -0.39 is 11.8 Å². The average Bonchev–Trinajstić information content (AvgIpc) is 3.21. The Kier molecular flexibility index (Phi) is 6.32. The molecule has 0 saturated heterocycles. The lowest BCUT2D eigenvalue weighted by Gasteiger charge is -2.28. The minimum Gasteiger partial charge on any atom is -0.468 e. The maximum Gasteiger partial charge on any atom is 0.254 e. The zero-order valence-corrected chi connectivity index (χ0v) is 16.9. The van der Waals surface area contributed by atoms with Crippen LogP contribution < -0.4 is 16.4 Å². The molecule has 0 saturated carbocycles. The summed E-state index contributed by atoms with van der Waals surface area (Å²) < 4.78 is 5.53. The number of furan rings is 1. The van der Waals surface area contributed by atoms with E-state index in [1.165, 1.54) is 6.26 Å². The number of anilines is 1. The largest absolute Gasteiger partial charge is 0.468 e. The number of amides is 2. The van der Waals surface area contributed by atoms with Crippen molar-refractivity contribution in [3.05, 3.63) is 75.3 Å². The first-order valence-corrected chi connectivity index (χ1v) is 9.90. The lowest BCUT2D eigenvalue weighted by Crippen LogP contribution is -2.31. The molecule has 9 heteroatoms. The van der Waals surface area contributed by atoms with Crippen LogP contribution in [0.1, 0.15) is 18.6 Å². The first kappa shape index (κ1) is 20.6. The molecule has 1 aromatic carbocycles. The van der Waals surface area contributed by atoms with Gasteiger partial charge in [-0.05, 0) is 43.3 Å². The third kappa shape index (κ3) is 4.65. The van der Waals surface area contributed by atoms with Crippen LogP contribution in [0.5, 0.6) is 0 Å². The molecule has 2 aromatic rings. The second-order valence-corrected chi connectivity index (χ2v) is 7.60. The zero-order valence-electron chi connectivity index (χ0n) is 15.4. The Hall–Kier alpha value is -3.15. The Morgan fingerprint density at radius 2 is 2.07 bits per heavy atom. The van der Waals surface area contributed by atoms with Gasteiger partial charge in [-0.2, -0.15) is 5.26 Å². The standard InChI is InChI=1S/C20H17ClN4O3S/c1-11-17(19(27)25-13-6-4-12(21)5-7-13)18(15-3-2-8-28-15)14(9-22)20(24-11)29-10-16(23)26/h2-8,18,24H,10H2,1H3,(H2,23,26)(H,25,27)/t18-/m1/s1. The highest BCUT2D eigenvalue weighted by Crippen LogP contribution is 2.41. The monoisotopic (exact) mass is 428 g/mol. The Morgan fingerprint density at radius 3 is 2.66 bits per heavy atom. The number of nitrogens with two attached hydrogens (primary N) is 1. The molecule has 29 heavy (non-hydrogen) atoms. The number of dihydropyridines is 1. The lowest BCUT2D eigenvalue weighted by atomic mass is 9.85. The van der Waals surface area contributed by atoms with Gasteiger partial charge >= 0.3 is 0 Å². The Morgan fingerprint density at radius 1 is 1.34 bits per heavy atom. The summed E-state index contributed by atoms with van der Waals surface area (Å²) >= 11 is 7.01. The first-order chi connectivity index (χ1) is 13.9. The number of hydrogen-bond acceptors (Lipinski definition) is 6. The quantitative estimate of drug-likeness (QED) is 0.647. The van der Waals surface area contributed by atoms with Gasteiger partial charge in [0.05, 0.1) is 40.2 Å². The van der Waals surface area contributed by atoms with Crippen molar-refractivity contribution in [2.75, 3.05) is 11.1 Å². The van der Waals surface area contributed by atoms with Gasteiger partial charge in [-0.25, -0.2) is 0 Å². The summed E-state index contributed by atoms with van der Waals surface area (Å²) in [6, 6.07) is 12.2. The van der Waals surface area contributed by atoms with Gasteiger partial charge in [-0.3, -0.25) is 9.59 Å². The van der Waals surface area contributed by atoms with Crippen molar-refractivity contribution >= 4 is 40.9 Å². The van der Waals surface area contributed by atoms with Crippen LogP contribution in [-0.4, -0.2) is 17.6 Å². The van der Waals surface area contributed by atoms with E-state index in [0.29, 0.717) is 32.8 Å². The number of hydrogen-bond donors (Lipinski definition) is 3. The van der Waals surface area contributed by atoms with Crippen LogP contribution >= 0.6 is 23.4 Å². The second kappa shape index (κ2) is 8.90. The highest BCUT2D eigenvalue weighted by atomic mass is 35.5. The molecule has 3 rings (SSSR count). The van der Waals surface area contributed by atoms with Crippen LogP contribution in [0.25, 0.3) is 0 Å². The molecule has 7 nitrogen and oxygen atoms in total. The van der Waals surface area contributed by atoms with Gasteiger partial charge in [0.2, 0.25) is 5.91 Å². The SMILES string of the molecule is CC1=C(C(=O)Nc2ccc(Cl)cc2)[C@@H](c2ccco2)C(C#N)=C(SCC(N)=O)N1. The minimum absolute atomic E-state index is 0.00201. The van der Waals surface area contributed by atoms with Crippen LogP contribution in [0.2, 0.25) is 5.02 Å². The highest BCUT2D eigenvalue weighted by Gasteiger charge is 2.36. The second-order valence-electron chi connectivity index (χ2n) is 6.18. The van der Waals surface area contributed by atoms with Gasteiger partial charge < -0.3 is 20.8 Å². The van der Waals surface area contributed by atoms with Crippen LogP contribution in [0.4, 0.5) is 5.69 Å². The number of primary amides is 1. The number of nitrogens with one attached hydrogen (secondary N) is 2. The molecule has 0 fully saturated rings. The summed E-state index contributed by atoms with van der Waals surface area (Å²) in [5.74, 6) is -1.17. The number of nitriles is 1. The van der Waals surface area contributed by atoms with E-state index in [0.717, 1.165) is 11.8 Å². The number of carbonyl (C=O) groups excluding carboxylic acids is 2. The van der Waals surface area contributed by atoms with Crippen molar-refractivity contribution < 1.29 is 14.0 Å². The molecule has 0 spiro atoms. The number of benzene rings is 1. The third-order valence-corrected chi connectivity index (χ3v) is 5.47. The molecule has 0 bridgehead atoms. The van der Waals surface area contributed by atoms with Crippen molar-refractivity contribution in [1.82, 2.24) is 5.32 Å². The van der Waals surface area contributed by atoms with Crippen molar-refractivity contribution in [3.63, 3.8) is 0 Å². The number of halogens is 1. The molecule has 1 aliphatic rings. The predicted octanol–water partition coefficient (Wildman–Crippen LogP) is 3.49. The van der Waals surface area contributed by atoms with E-state index in [1.54, 1.807) is 43.3 Å². The molecule has 148 valence electrons. The van der Waals surface area contributed by atoms with Gasteiger partial charge in [-0.1, -0.05) is 23.4 Å². The number of rotatable bonds is 6. The fourth-order valence-electron chi connectivity index (χ4n) is 2.94. The topological polar surface area (TPSA) is 121 Å². The summed E-state index contributed by atoms with van der Waals surface area (Å²) in [6.45, 7) is 1.73. The molecule has 0 unspecified atom stereocenters. The molecule has 4 N–H and O–H groups in total. The van der Waals surface area contributed by atoms with Crippen LogP contribution in [-0.2, 0) is 9.59 Å². The molecule has 1 aromatic heterocycles. The van der Waals surface area contributed by atoms with Crippen molar-refractivity contribution in [2.24, 2.45) is 5.73 Å². The molecular formula is C20H17ClN4O3S. The summed E-state index contributed by atoms with van der Waals surface area (Å²) in [5.41, 5.74) is 6.96. The van der Waals surface area contributed by atoms with E-state index in [4.69, 9.17) is 21.8 Å². The minimum atomic E-state index is -0.723. The Balaban J connectivity index is 1.99. The predicted molar refractivity (Wildman–Crippen MR) is 112 cm³/mol. The molecule has 0 aliphatic carbocycles. The van der Waals surface area contributed by atoms with Gasteiger partial charge in [0.15, 0.2) is 0 Å². The first-order valence-electron chi connectivity index (χ1n) is 8.54. The van der Waals surface area contributed by atoms with E-state index in [2.05, 4.69) is 16.7 Å². The number of carbonyl (C=O) groups is 2. The van der Waals surface area contributed by atoms with Crippen LogP contribution in [0, 0.1) is 11.3 Å². The Bertz CT molecular complexity index is 1040. The number of thioether (sulfide) groups is 1. The third-order valence-electron chi connectivity index (χ3n) is 4.18. The Labute approximate surface area is 176 Å². The summed E-state index contributed by atoms with van der Waals surface area (Å²) in [6.07, 6.45) is 1.48. The molecular weight excluding hydrogens is 412 g/mol. The summed E-state index contributed by atoms with van der Waals surface area (Å²) in [7, 11) is 0. The summed E-state index contributed by atoms with van der Waals surface area (Å²) in [4.78, 5) is 24.3. The normalized spacial score (nSPS) is 16.2. The number of nitrogens with zero attached hydrogens (tertiary/aromatic N) is 1. The van der Waals surface area contributed by atoms with Crippen molar-refractivity contribution in [2.45, 2.75) is 12.8 Å². The van der Waals surface area contributed by atoms with Gasteiger partial charge in [0, 0.05) is 16.4 Å². The smallest absolute Gasteiger partial charge is 0.254 e. The molecule has 1 atom stereocenters. The van der Waals surface area contributed by atoms with Crippen molar-refractivity contribution in [1.29, 1.82) is 5.26 Å². The molecule has 1 aliphatic heterocycles. The fraction of sp³-hybridized carbons (Fsp3) is 0.150. The molecule has 2 amide bonds. The molecule has 2 heterocycles. The van der Waals surface area contributed by atoms with E-state index in [1.807, 2.05) is 0 Å². The summed E-state index contributed by atoms with van der Waals surface area (Å²) in [5, 5.41) is 16.7. The van der Waals surface area contributed by atoms with E-state index in [-0.39, 0.29) is 17.2 Å². The van der Waals surface area contributed by atoms with E-state index in [9.17, 15) is 14.9 Å². The van der Waals surface area contributed by atoms with Gasteiger partial charge in [-0.15, -0.1) is 0 Å². The van der Waals surface area contributed by atoms with Crippen molar-refractivity contribution in [3.8, 4) is 6.07 Å². The fourth-order valence-corrected chi connectivity index (χ4v) is 3.90. The average molecular weight is 429 g/mol. The van der Waals surface area contributed by atoms with Gasteiger partial charge in [0.1, 0.15) is 5.76 Å². The zero-order chi connectivity index (χ0) is 21.0. The maximum atomic E-state index is 13.1.